The number of rotatable bonds is 7. The third-order valence-corrected chi connectivity index (χ3v) is 5.62. The van der Waals surface area contributed by atoms with Crippen LogP contribution in [-0.4, -0.2) is 33.7 Å². The van der Waals surface area contributed by atoms with Gasteiger partial charge in [0.25, 0.3) is 11.8 Å². The van der Waals surface area contributed by atoms with E-state index in [0.717, 1.165) is 5.56 Å². The number of aryl methyl sites for hydroxylation is 1. The number of ketones is 1. The summed E-state index contributed by atoms with van der Waals surface area (Å²) in [7, 11) is 0. The molecule has 1 saturated carbocycles. The zero-order valence-electron chi connectivity index (χ0n) is 19.5. The van der Waals surface area contributed by atoms with Crippen LogP contribution >= 0.6 is 0 Å². The van der Waals surface area contributed by atoms with Gasteiger partial charge < -0.3 is 20.2 Å². The number of benzene rings is 2. The number of nitrogens with zero attached hydrogens (tertiary/aromatic N) is 1. The molecule has 0 saturated heterocycles. The molecular formula is C26H27N3O5. The molecule has 1 heterocycles. The van der Waals surface area contributed by atoms with Crippen LogP contribution in [0.2, 0.25) is 0 Å². The number of nitrogens with two attached hydrogens (primary N) is 1. The molecule has 2 unspecified atom stereocenters. The maximum Gasteiger partial charge on any atom is 0.290 e. The van der Waals surface area contributed by atoms with Crippen LogP contribution in [0.15, 0.2) is 59.0 Å². The molecule has 0 radical (unpaired) electrons. The molecule has 3 aromatic rings. The van der Waals surface area contributed by atoms with E-state index in [-0.39, 0.29) is 17.8 Å². The predicted octanol–water partition coefficient (Wildman–Crippen LogP) is 3.54. The second kappa shape index (κ2) is 8.44. The molecule has 2 aromatic carbocycles. The third-order valence-electron chi connectivity index (χ3n) is 5.62. The van der Waals surface area contributed by atoms with Crippen LogP contribution < -0.4 is 15.8 Å². The molecule has 1 aliphatic carbocycles. The maximum atomic E-state index is 13.3. The summed E-state index contributed by atoms with van der Waals surface area (Å²) in [6.45, 7) is 7.48. The first-order valence-electron chi connectivity index (χ1n) is 11.0. The van der Waals surface area contributed by atoms with E-state index in [2.05, 4.69) is 10.3 Å². The quantitative estimate of drug-likeness (QED) is 0.519. The van der Waals surface area contributed by atoms with Crippen LogP contribution in [0.1, 0.15) is 55.1 Å². The summed E-state index contributed by atoms with van der Waals surface area (Å²) in [4.78, 5) is 42.3. The Kier molecular flexibility index (Phi) is 5.77. The number of primary amides is 1. The van der Waals surface area contributed by atoms with Crippen molar-refractivity contribution in [3.05, 3.63) is 71.8 Å². The number of oxazole rings is 1. The summed E-state index contributed by atoms with van der Waals surface area (Å²) in [5.41, 5.74) is 5.39. The van der Waals surface area contributed by atoms with Gasteiger partial charge in [0, 0.05) is 18.4 Å². The minimum atomic E-state index is -1.44. The molecule has 2 amide bonds. The summed E-state index contributed by atoms with van der Waals surface area (Å²) in [5.74, 6) is -2.04. The molecule has 0 bridgehead atoms. The Bertz CT molecular complexity index is 1240. The number of nitrogens with one attached hydrogen (secondary N) is 1. The monoisotopic (exact) mass is 461 g/mol. The molecule has 8 heteroatoms. The molecule has 4 rings (SSSR count). The second-order valence-electron chi connectivity index (χ2n) is 9.44. The Morgan fingerprint density at radius 3 is 2.32 bits per heavy atom. The van der Waals surface area contributed by atoms with Crippen LogP contribution in [0.3, 0.4) is 0 Å². The van der Waals surface area contributed by atoms with Gasteiger partial charge in [-0.1, -0.05) is 42.5 Å². The van der Waals surface area contributed by atoms with Crippen LogP contribution in [0, 0.1) is 6.92 Å². The highest BCUT2D eigenvalue weighted by atomic mass is 16.5. The maximum absolute atomic E-state index is 13.3. The molecule has 3 N–H and O–H groups in total. The first-order chi connectivity index (χ1) is 16.0. The summed E-state index contributed by atoms with van der Waals surface area (Å²) in [6, 6.07) is 16.3. The highest BCUT2D eigenvalue weighted by molar-refractivity contribution is 6.40. The van der Waals surface area contributed by atoms with E-state index in [0.29, 0.717) is 22.9 Å². The van der Waals surface area contributed by atoms with E-state index in [9.17, 15) is 14.4 Å². The van der Waals surface area contributed by atoms with Gasteiger partial charge in [-0.3, -0.25) is 14.4 Å². The zero-order chi connectivity index (χ0) is 24.7. The van der Waals surface area contributed by atoms with Crippen molar-refractivity contribution in [2.75, 3.05) is 0 Å². The fourth-order valence-electron chi connectivity index (χ4n) is 4.08. The van der Waals surface area contributed by atoms with Crippen LogP contribution in [0.4, 0.5) is 0 Å². The van der Waals surface area contributed by atoms with Gasteiger partial charge in [-0.05, 0) is 44.9 Å². The molecular weight excluding hydrogens is 434 g/mol. The number of carbonyl (C=O) groups excluding carboxylic acids is 3. The van der Waals surface area contributed by atoms with E-state index in [1.54, 1.807) is 31.2 Å². The van der Waals surface area contributed by atoms with Crippen molar-refractivity contribution in [2.45, 2.75) is 51.2 Å². The normalized spacial score (nSPS) is 19.4. The van der Waals surface area contributed by atoms with Crippen molar-refractivity contribution in [1.29, 1.82) is 0 Å². The van der Waals surface area contributed by atoms with Crippen LogP contribution in [0.5, 0.6) is 5.75 Å². The molecule has 8 nitrogen and oxygen atoms in total. The first-order valence-corrected chi connectivity index (χ1v) is 11.0. The fraction of sp³-hybridized carbons (Fsp3) is 0.308. The number of hydrogen-bond acceptors (Lipinski definition) is 6. The van der Waals surface area contributed by atoms with Crippen molar-refractivity contribution >= 4 is 17.6 Å². The van der Waals surface area contributed by atoms with Gasteiger partial charge in [0.1, 0.15) is 22.6 Å². The lowest BCUT2D eigenvalue weighted by Crippen LogP contribution is -2.49. The first kappa shape index (κ1) is 23.2. The molecule has 2 atom stereocenters. The Hall–Kier alpha value is -3.94. The van der Waals surface area contributed by atoms with E-state index in [1.165, 1.54) is 0 Å². The van der Waals surface area contributed by atoms with Crippen molar-refractivity contribution in [2.24, 2.45) is 5.73 Å². The molecule has 176 valence electrons. The molecule has 0 aliphatic heterocycles. The van der Waals surface area contributed by atoms with E-state index in [4.69, 9.17) is 14.9 Å². The molecule has 1 fully saturated rings. The lowest BCUT2D eigenvalue weighted by atomic mass is 10.0. The van der Waals surface area contributed by atoms with E-state index in [1.807, 2.05) is 51.1 Å². The Labute approximate surface area is 197 Å². The van der Waals surface area contributed by atoms with Crippen molar-refractivity contribution < 1.29 is 23.5 Å². The number of amides is 2. The number of hydrogen-bond donors (Lipinski definition) is 2. The minimum absolute atomic E-state index is 0.0279. The Morgan fingerprint density at radius 2 is 1.74 bits per heavy atom. The summed E-state index contributed by atoms with van der Waals surface area (Å²) in [6.07, 6.45) is 0.244. The second-order valence-corrected chi connectivity index (χ2v) is 9.44. The van der Waals surface area contributed by atoms with Gasteiger partial charge >= 0.3 is 0 Å². The van der Waals surface area contributed by atoms with Crippen LogP contribution in [0.25, 0.3) is 11.3 Å². The minimum Gasteiger partial charge on any atom is -0.488 e. The standard InChI is InChI=1S/C26H27N3O5/c1-15-28-20(17-8-6-5-7-9-17)21(33-15)24(32)29-26(22(30)23(27)31)14-19(26)16-10-12-18(13-11-16)34-25(2,3)4/h5-13,19H,14H2,1-4H3,(H2,27,31)(H,29,32). The highest BCUT2D eigenvalue weighted by Crippen LogP contribution is 2.52. The zero-order valence-corrected chi connectivity index (χ0v) is 19.5. The Balaban J connectivity index is 1.62. The van der Waals surface area contributed by atoms with E-state index >= 15 is 0 Å². The molecule has 0 spiro atoms. The van der Waals surface area contributed by atoms with Gasteiger partial charge in [-0.25, -0.2) is 4.98 Å². The van der Waals surface area contributed by atoms with Crippen molar-refractivity contribution in [3.8, 4) is 17.0 Å². The highest BCUT2D eigenvalue weighted by Gasteiger charge is 2.63. The van der Waals surface area contributed by atoms with Crippen molar-refractivity contribution in [3.63, 3.8) is 0 Å². The topological polar surface area (TPSA) is 125 Å². The average Bonchev–Trinajstić information content (AvgIpc) is 3.36. The molecule has 1 aromatic heterocycles. The molecule has 34 heavy (non-hydrogen) atoms. The fourth-order valence-corrected chi connectivity index (χ4v) is 4.08. The number of ether oxygens (including phenoxy) is 1. The Morgan fingerprint density at radius 1 is 1.09 bits per heavy atom. The summed E-state index contributed by atoms with van der Waals surface area (Å²) >= 11 is 0. The largest absolute Gasteiger partial charge is 0.488 e. The van der Waals surface area contributed by atoms with E-state index < -0.39 is 29.1 Å². The van der Waals surface area contributed by atoms with Gasteiger partial charge in [0.2, 0.25) is 11.5 Å². The number of aromatic nitrogens is 1. The SMILES string of the molecule is Cc1nc(-c2ccccc2)c(C(=O)NC2(C(=O)C(N)=O)CC2c2ccc(OC(C)(C)C)cc2)o1. The lowest BCUT2D eigenvalue weighted by molar-refractivity contribution is -0.137. The van der Waals surface area contributed by atoms with Crippen molar-refractivity contribution in [1.82, 2.24) is 10.3 Å². The number of Topliss-reactive ketones (excluding diaryl/α,β-unsaturated/α-hetero) is 1. The predicted molar refractivity (Wildman–Crippen MR) is 125 cm³/mol. The van der Waals surface area contributed by atoms with Gasteiger partial charge in [-0.2, -0.15) is 0 Å². The number of carbonyl (C=O) groups is 3. The van der Waals surface area contributed by atoms with Gasteiger partial charge in [0.05, 0.1) is 0 Å². The third kappa shape index (κ3) is 4.57. The smallest absolute Gasteiger partial charge is 0.290 e. The van der Waals surface area contributed by atoms with Gasteiger partial charge in [-0.15, -0.1) is 0 Å². The lowest BCUT2D eigenvalue weighted by Gasteiger charge is -2.21. The summed E-state index contributed by atoms with van der Waals surface area (Å²) < 4.78 is 11.4. The molecule has 1 aliphatic rings. The van der Waals surface area contributed by atoms with Crippen LogP contribution in [-0.2, 0) is 9.59 Å². The van der Waals surface area contributed by atoms with Gasteiger partial charge in [0.15, 0.2) is 5.89 Å². The average molecular weight is 462 g/mol. The summed E-state index contributed by atoms with van der Waals surface area (Å²) in [5, 5.41) is 2.74.